The Hall–Kier alpha value is -0.770. The molecule has 1 N–H and O–H groups in total. The highest BCUT2D eigenvalue weighted by Gasteiger charge is 2.46. The monoisotopic (exact) mass is 322 g/mol. The van der Waals surface area contributed by atoms with Crippen molar-refractivity contribution in [3.63, 3.8) is 0 Å². The van der Waals surface area contributed by atoms with Crippen LogP contribution in [0.3, 0.4) is 0 Å². The molecule has 1 amide bonds. The van der Waals surface area contributed by atoms with E-state index in [4.69, 9.17) is 4.74 Å². The lowest BCUT2D eigenvalue weighted by atomic mass is 9.81. The van der Waals surface area contributed by atoms with Gasteiger partial charge in [-0.25, -0.2) is 4.79 Å². The van der Waals surface area contributed by atoms with Crippen LogP contribution in [0.4, 0.5) is 4.79 Å². The van der Waals surface area contributed by atoms with E-state index in [1.807, 2.05) is 25.7 Å². The molecule has 0 aromatic heterocycles. The van der Waals surface area contributed by atoms with E-state index in [0.29, 0.717) is 23.7 Å². The van der Waals surface area contributed by atoms with Gasteiger partial charge >= 0.3 is 6.09 Å². The second kappa shape index (κ2) is 6.27. The number of carbonyl (C=O) groups excluding carboxylic acids is 1. The molecule has 3 aliphatic rings. The van der Waals surface area contributed by atoms with Crippen LogP contribution in [0.2, 0.25) is 0 Å². The van der Waals surface area contributed by atoms with Gasteiger partial charge in [-0.2, -0.15) is 0 Å². The van der Waals surface area contributed by atoms with Crippen LogP contribution in [-0.4, -0.2) is 40.3 Å². The molecule has 3 atom stereocenters. The Kier molecular flexibility index (Phi) is 4.65. The van der Waals surface area contributed by atoms with Gasteiger partial charge in [-0.05, 0) is 66.2 Å². The molecule has 0 aromatic rings. The first-order valence-electron chi connectivity index (χ1n) is 9.55. The lowest BCUT2D eigenvalue weighted by Crippen LogP contribution is -2.57. The molecule has 4 nitrogen and oxygen atoms in total. The van der Waals surface area contributed by atoms with Gasteiger partial charge in [0.1, 0.15) is 5.60 Å². The van der Waals surface area contributed by atoms with E-state index >= 15 is 0 Å². The van der Waals surface area contributed by atoms with Crippen molar-refractivity contribution in [2.75, 3.05) is 0 Å². The lowest BCUT2D eigenvalue weighted by molar-refractivity contribution is 0.00296. The van der Waals surface area contributed by atoms with Crippen LogP contribution in [0.1, 0.15) is 85.5 Å². The molecular formula is C19H34N2O2. The summed E-state index contributed by atoms with van der Waals surface area (Å²) >= 11 is 0. The zero-order valence-electron chi connectivity index (χ0n) is 15.4. The van der Waals surface area contributed by atoms with E-state index in [0.717, 1.165) is 25.7 Å². The molecule has 2 heterocycles. The van der Waals surface area contributed by atoms with Gasteiger partial charge in [0.25, 0.3) is 0 Å². The molecular weight excluding hydrogens is 288 g/mol. The van der Waals surface area contributed by atoms with Crippen LogP contribution < -0.4 is 5.32 Å². The number of nitrogens with zero attached hydrogens (tertiary/aromatic N) is 1. The van der Waals surface area contributed by atoms with E-state index in [1.165, 1.54) is 32.1 Å². The summed E-state index contributed by atoms with van der Waals surface area (Å²) in [5, 5.41) is 3.96. The Bertz CT molecular complexity index is 423. The molecule has 4 heteroatoms. The Morgan fingerprint density at radius 3 is 2.17 bits per heavy atom. The molecule has 23 heavy (non-hydrogen) atoms. The lowest BCUT2D eigenvalue weighted by Gasteiger charge is -2.44. The normalized spacial score (nSPS) is 33.6. The van der Waals surface area contributed by atoms with Gasteiger partial charge in [-0.1, -0.05) is 19.3 Å². The van der Waals surface area contributed by atoms with Crippen LogP contribution in [0.25, 0.3) is 0 Å². The molecule has 2 bridgehead atoms. The summed E-state index contributed by atoms with van der Waals surface area (Å²) in [6.45, 7) is 8.25. The number of hydrogen-bond acceptors (Lipinski definition) is 3. The predicted octanol–water partition coefficient (Wildman–Crippen LogP) is 4.23. The topological polar surface area (TPSA) is 41.6 Å². The Balaban J connectivity index is 1.59. The Morgan fingerprint density at radius 2 is 1.65 bits per heavy atom. The van der Waals surface area contributed by atoms with Gasteiger partial charge < -0.3 is 15.0 Å². The van der Waals surface area contributed by atoms with Crippen molar-refractivity contribution in [2.45, 2.75) is 115 Å². The molecule has 0 radical (unpaired) electrons. The minimum atomic E-state index is -0.402. The Morgan fingerprint density at radius 1 is 1.09 bits per heavy atom. The largest absolute Gasteiger partial charge is 0.444 e. The maximum atomic E-state index is 12.5. The number of nitrogens with one attached hydrogen (secondary N) is 1. The number of carbonyl (C=O) groups is 1. The average molecular weight is 322 g/mol. The first-order chi connectivity index (χ1) is 10.8. The van der Waals surface area contributed by atoms with E-state index < -0.39 is 5.60 Å². The molecule has 1 unspecified atom stereocenters. The fraction of sp³-hybridized carbons (Fsp3) is 0.947. The fourth-order valence-corrected chi connectivity index (χ4v) is 4.88. The highest BCUT2D eigenvalue weighted by molar-refractivity contribution is 5.69. The summed E-state index contributed by atoms with van der Waals surface area (Å²) in [5.41, 5.74) is -0.0857. The van der Waals surface area contributed by atoms with Gasteiger partial charge in [-0.15, -0.1) is 0 Å². The summed E-state index contributed by atoms with van der Waals surface area (Å²) in [7, 11) is 0. The molecule has 3 fully saturated rings. The van der Waals surface area contributed by atoms with Crippen LogP contribution in [-0.2, 0) is 4.74 Å². The van der Waals surface area contributed by atoms with Crippen molar-refractivity contribution in [2.24, 2.45) is 0 Å². The number of piperidine rings is 1. The van der Waals surface area contributed by atoms with Gasteiger partial charge in [0.05, 0.1) is 0 Å². The molecule has 1 saturated carbocycles. The maximum absolute atomic E-state index is 12.5. The third kappa shape index (κ3) is 4.01. The summed E-state index contributed by atoms with van der Waals surface area (Å²) in [4.78, 5) is 14.6. The zero-order chi connectivity index (χ0) is 16.7. The molecule has 1 aliphatic carbocycles. The van der Waals surface area contributed by atoms with E-state index in [1.54, 1.807) is 0 Å². The van der Waals surface area contributed by atoms with Crippen LogP contribution in [0.5, 0.6) is 0 Å². The van der Waals surface area contributed by atoms with Crippen molar-refractivity contribution in [3.8, 4) is 0 Å². The molecule has 0 aromatic carbocycles. The number of ether oxygens (including phenoxy) is 1. The minimum Gasteiger partial charge on any atom is -0.444 e. The van der Waals surface area contributed by atoms with E-state index in [2.05, 4.69) is 12.2 Å². The summed E-state index contributed by atoms with van der Waals surface area (Å²) in [6, 6.07) is 1.30. The van der Waals surface area contributed by atoms with Crippen LogP contribution in [0.15, 0.2) is 0 Å². The van der Waals surface area contributed by atoms with Crippen molar-refractivity contribution in [1.82, 2.24) is 10.2 Å². The molecule has 0 spiro atoms. The van der Waals surface area contributed by atoms with Gasteiger partial charge in [0, 0.05) is 23.7 Å². The standard InChI is InChI=1S/C19H34N2O2/c1-18(2,3)23-17(22)21-15-8-9-16(21)13-14(12-15)20-19(4)10-6-5-7-11-19/h14-16,20H,5-13H2,1-4H3/t14?,15-,16+. The van der Waals surface area contributed by atoms with Gasteiger partial charge in [-0.3, -0.25) is 0 Å². The first kappa shape index (κ1) is 17.1. The first-order valence-corrected chi connectivity index (χ1v) is 9.55. The molecule has 3 rings (SSSR count). The SMILES string of the molecule is CC1(NC2C[C@H]3CC[C@@H](C2)N3C(=O)OC(C)(C)C)CCCCC1. The van der Waals surface area contributed by atoms with Gasteiger partial charge in [0.15, 0.2) is 0 Å². The van der Waals surface area contributed by atoms with Gasteiger partial charge in [0.2, 0.25) is 0 Å². The predicted molar refractivity (Wildman–Crippen MR) is 92.5 cm³/mol. The van der Waals surface area contributed by atoms with Crippen molar-refractivity contribution in [1.29, 1.82) is 0 Å². The van der Waals surface area contributed by atoms with Crippen molar-refractivity contribution in [3.05, 3.63) is 0 Å². The average Bonchev–Trinajstić information content (AvgIpc) is 2.69. The summed E-state index contributed by atoms with van der Waals surface area (Å²) < 4.78 is 5.63. The van der Waals surface area contributed by atoms with E-state index in [9.17, 15) is 4.79 Å². The number of fused-ring (bicyclic) bond motifs is 2. The van der Waals surface area contributed by atoms with Crippen molar-refractivity contribution < 1.29 is 9.53 Å². The third-order valence-electron chi connectivity index (χ3n) is 5.85. The number of hydrogen-bond donors (Lipinski definition) is 1. The van der Waals surface area contributed by atoms with E-state index in [-0.39, 0.29) is 6.09 Å². The van der Waals surface area contributed by atoms with Crippen molar-refractivity contribution >= 4 is 6.09 Å². The Labute approximate surface area is 141 Å². The second-order valence-electron chi connectivity index (χ2n) is 9.21. The van der Waals surface area contributed by atoms with Crippen LogP contribution in [0, 0.1) is 0 Å². The number of amides is 1. The molecule has 132 valence electrons. The van der Waals surface area contributed by atoms with Crippen LogP contribution >= 0.6 is 0 Å². The quantitative estimate of drug-likeness (QED) is 0.827. The second-order valence-corrected chi connectivity index (χ2v) is 9.21. The highest BCUT2D eigenvalue weighted by atomic mass is 16.6. The smallest absolute Gasteiger partial charge is 0.410 e. The molecule has 2 saturated heterocycles. The summed E-state index contributed by atoms with van der Waals surface area (Å²) in [5.74, 6) is 0. The fourth-order valence-electron chi connectivity index (χ4n) is 4.88. The zero-order valence-corrected chi connectivity index (χ0v) is 15.4. The highest BCUT2D eigenvalue weighted by Crippen LogP contribution is 2.38. The third-order valence-corrected chi connectivity index (χ3v) is 5.85. The minimum absolute atomic E-state index is 0.104. The number of rotatable bonds is 2. The summed E-state index contributed by atoms with van der Waals surface area (Å²) in [6.07, 6.45) is 11.0. The molecule has 2 aliphatic heterocycles. The maximum Gasteiger partial charge on any atom is 0.410 e.